The minimum Gasteiger partial charge on any atom is -0.478 e. The van der Waals surface area contributed by atoms with E-state index < -0.39 is 17.8 Å². The molecule has 0 fully saturated rings. The third kappa shape index (κ3) is 7.20. The number of nitrogen functional groups attached to an aromatic ring is 1. The highest BCUT2D eigenvalue weighted by Crippen LogP contribution is 2.18. The number of aromatic nitrogens is 2. The van der Waals surface area contributed by atoms with E-state index in [2.05, 4.69) is 20.6 Å². The molecule has 0 bridgehead atoms. The lowest BCUT2D eigenvalue weighted by molar-refractivity contribution is -0.132. The van der Waals surface area contributed by atoms with Crippen LogP contribution < -0.4 is 16.4 Å². The number of carbonyl (C=O) groups excluding carboxylic acids is 2. The minimum atomic E-state index is -0.993. The average Bonchev–Trinajstić information content (AvgIpc) is 2.90. The van der Waals surface area contributed by atoms with Crippen LogP contribution in [0.4, 0.5) is 10.3 Å². The van der Waals surface area contributed by atoms with Crippen LogP contribution in [0, 0.1) is 18.7 Å². The molecule has 35 heavy (non-hydrogen) atoms. The zero-order valence-electron chi connectivity index (χ0n) is 19.5. The molecule has 0 aliphatic heterocycles. The molecule has 2 atom stereocenters. The maximum absolute atomic E-state index is 13.4. The SMILES string of the molecule is Cc1cc(CNC(=O)c2cc(C(=O)N[C@@H]3C/C=C\C(C(=O)O)=C/C(C)CC3)nc(N)n2)ccc1F. The van der Waals surface area contributed by atoms with Gasteiger partial charge in [-0.15, -0.1) is 0 Å². The van der Waals surface area contributed by atoms with Crippen molar-refractivity contribution in [1.29, 1.82) is 0 Å². The van der Waals surface area contributed by atoms with Crippen LogP contribution in [0.15, 0.2) is 48.1 Å². The van der Waals surface area contributed by atoms with Crippen molar-refractivity contribution in [2.24, 2.45) is 5.92 Å². The molecule has 1 unspecified atom stereocenters. The number of nitrogens with two attached hydrogens (primary N) is 1. The monoisotopic (exact) mass is 481 g/mol. The second-order valence-electron chi connectivity index (χ2n) is 8.55. The number of anilines is 1. The predicted molar refractivity (Wildman–Crippen MR) is 128 cm³/mol. The first-order valence-corrected chi connectivity index (χ1v) is 11.2. The fourth-order valence-electron chi connectivity index (χ4n) is 3.71. The van der Waals surface area contributed by atoms with Gasteiger partial charge in [-0.1, -0.05) is 37.3 Å². The number of hydrogen-bond acceptors (Lipinski definition) is 6. The minimum absolute atomic E-state index is 0.0261. The second kappa shape index (κ2) is 11.4. The van der Waals surface area contributed by atoms with E-state index in [1.54, 1.807) is 31.2 Å². The molecule has 9 nitrogen and oxygen atoms in total. The number of halogens is 1. The van der Waals surface area contributed by atoms with E-state index in [1.165, 1.54) is 18.2 Å². The molecule has 2 aromatic rings. The Morgan fingerprint density at radius 2 is 1.86 bits per heavy atom. The fourth-order valence-corrected chi connectivity index (χ4v) is 3.71. The van der Waals surface area contributed by atoms with E-state index >= 15 is 0 Å². The van der Waals surface area contributed by atoms with Crippen molar-refractivity contribution in [3.63, 3.8) is 0 Å². The zero-order valence-corrected chi connectivity index (χ0v) is 19.5. The fraction of sp³-hybridized carbons (Fsp3) is 0.320. The number of aliphatic carboxylic acids is 1. The van der Waals surface area contributed by atoms with E-state index in [-0.39, 0.29) is 47.2 Å². The molecule has 1 aliphatic carbocycles. The number of carboxylic acid groups (broad SMARTS) is 1. The molecule has 184 valence electrons. The zero-order chi connectivity index (χ0) is 25.5. The maximum Gasteiger partial charge on any atom is 0.335 e. The highest BCUT2D eigenvalue weighted by molar-refractivity contribution is 5.97. The van der Waals surface area contributed by atoms with Gasteiger partial charge in [-0.05, 0) is 49.3 Å². The van der Waals surface area contributed by atoms with Gasteiger partial charge in [0.1, 0.15) is 17.2 Å². The van der Waals surface area contributed by atoms with Gasteiger partial charge in [-0.3, -0.25) is 9.59 Å². The summed E-state index contributed by atoms with van der Waals surface area (Å²) in [7, 11) is 0. The van der Waals surface area contributed by atoms with E-state index in [4.69, 9.17) is 5.73 Å². The van der Waals surface area contributed by atoms with E-state index in [1.807, 2.05) is 6.92 Å². The smallest absolute Gasteiger partial charge is 0.335 e. The largest absolute Gasteiger partial charge is 0.478 e. The molecule has 1 aromatic heterocycles. The van der Waals surface area contributed by atoms with Crippen molar-refractivity contribution in [2.75, 3.05) is 5.73 Å². The highest BCUT2D eigenvalue weighted by Gasteiger charge is 2.20. The maximum atomic E-state index is 13.4. The third-order valence-corrected chi connectivity index (χ3v) is 5.62. The standard InChI is InChI=1S/C25H28FN5O4/c1-14-6-8-18(5-3-4-17(10-14)24(34)35)29-23(33)21-12-20(30-25(27)31-21)22(32)28-13-16-7-9-19(26)15(2)11-16/h3-4,7,9-12,14,18H,5-6,8,13H2,1-2H3,(H,28,32)(H,29,33)(H,34,35)(H2,27,30,31)/b4-3-,17-10+/t14?,18-/m1/s1. The Labute approximate surface area is 202 Å². The average molecular weight is 482 g/mol. The summed E-state index contributed by atoms with van der Waals surface area (Å²) in [4.78, 5) is 44.7. The van der Waals surface area contributed by atoms with Crippen LogP contribution in [-0.2, 0) is 11.3 Å². The third-order valence-electron chi connectivity index (χ3n) is 5.62. The molecule has 10 heteroatoms. The molecule has 3 rings (SSSR count). The topological polar surface area (TPSA) is 147 Å². The number of carbonyl (C=O) groups is 3. The van der Waals surface area contributed by atoms with Gasteiger partial charge in [-0.25, -0.2) is 19.2 Å². The molecule has 1 heterocycles. The van der Waals surface area contributed by atoms with Crippen molar-refractivity contribution in [3.8, 4) is 0 Å². The Bertz CT molecular complexity index is 1190. The molecular weight excluding hydrogens is 453 g/mol. The van der Waals surface area contributed by atoms with Gasteiger partial charge >= 0.3 is 5.97 Å². The van der Waals surface area contributed by atoms with Gasteiger partial charge in [0.25, 0.3) is 11.8 Å². The van der Waals surface area contributed by atoms with Crippen LogP contribution in [0.1, 0.15) is 58.3 Å². The van der Waals surface area contributed by atoms with Gasteiger partial charge < -0.3 is 21.5 Å². The van der Waals surface area contributed by atoms with Crippen molar-refractivity contribution in [1.82, 2.24) is 20.6 Å². The Morgan fingerprint density at radius 1 is 1.14 bits per heavy atom. The molecular formula is C25H28FN5O4. The van der Waals surface area contributed by atoms with E-state index in [9.17, 15) is 23.9 Å². The molecule has 0 saturated heterocycles. The van der Waals surface area contributed by atoms with Crippen molar-refractivity contribution in [2.45, 2.75) is 45.7 Å². The molecule has 1 aromatic carbocycles. The molecule has 2 amide bonds. The van der Waals surface area contributed by atoms with Gasteiger partial charge in [0.05, 0.1) is 5.57 Å². The number of hydrogen-bond donors (Lipinski definition) is 4. The first-order valence-electron chi connectivity index (χ1n) is 11.2. The summed E-state index contributed by atoms with van der Waals surface area (Å²) in [5.74, 6) is -2.59. The Kier molecular flexibility index (Phi) is 8.30. The number of allylic oxidation sites excluding steroid dienone is 1. The summed E-state index contributed by atoms with van der Waals surface area (Å²) in [6.07, 6.45) is 6.71. The molecule has 0 radical (unpaired) electrons. The highest BCUT2D eigenvalue weighted by atomic mass is 19.1. The van der Waals surface area contributed by atoms with E-state index in [0.29, 0.717) is 30.4 Å². The Hall–Kier alpha value is -4.08. The Morgan fingerprint density at radius 3 is 2.54 bits per heavy atom. The number of nitrogens with zero attached hydrogens (tertiary/aromatic N) is 2. The van der Waals surface area contributed by atoms with Crippen LogP contribution in [0.5, 0.6) is 0 Å². The lowest BCUT2D eigenvalue weighted by atomic mass is 9.99. The first kappa shape index (κ1) is 25.5. The van der Waals surface area contributed by atoms with Crippen molar-refractivity contribution >= 4 is 23.7 Å². The summed E-state index contributed by atoms with van der Waals surface area (Å²) in [5.41, 5.74) is 7.01. The number of rotatable bonds is 6. The van der Waals surface area contributed by atoms with Gasteiger partial charge in [0.2, 0.25) is 5.95 Å². The normalized spacial score (nSPS) is 20.4. The lowest BCUT2D eigenvalue weighted by Crippen LogP contribution is -2.36. The molecule has 5 N–H and O–H groups in total. The first-order chi connectivity index (χ1) is 16.6. The molecule has 0 saturated carbocycles. The summed E-state index contributed by atoms with van der Waals surface area (Å²) in [5, 5.41) is 14.8. The summed E-state index contributed by atoms with van der Waals surface area (Å²) in [6.45, 7) is 3.70. The van der Waals surface area contributed by atoms with Crippen LogP contribution in [0.2, 0.25) is 0 Å². The number of benzene rings is 1. The van der Waals surface area contributed by atoms with Gasteiger partial charge in [-0.2, -0.15) is 0 Å². The number of carboxylic acids is 1. The predicted octanol–water partition coefficient (Wildman–Crippen LogP) is 2.92. The van der Waals surface area contributed by atoms with Crippen LogP contribution >= 0.6 is 0 Å². The van der Waals surface area contributed by atoms with E-state index in [0.717, 1.165) is 0 Å². The lowest BCUT2D eigenvalue weighted by Gasteiger charge is -2.18. The van der Waals surface area contributed by atoms with Crippen molar-refractivity contribution < 1.29 is 23.9 Å². The summed E-state index contributed by atoms with van der Waals surface area (Å²) >= 11 is 0. The van der Waals surface area contributed by atoms with Gasteiger partial charge in [0, 0.05) is 18.7 Å². The quantitative estimate of drug-likeness (QED) is 0.496. The number of nitrogens with one attached hydrogen (secondary N) is 2. The number of aryl methyl sites for hydroxylation is 1. The second-order valence-corrected chi connectivity index (χ2v) is 8.55. The van der Waals surface area contributed by atoms with Crippen LogP contribution in [-0.4, -0.2) is 38.9 Å². The van der Waals surface area contributed by atoms with Crippen LogP contribution in [0.25, 0.3) is 0 Å². The Balaban J connectivity index is 1.67. The summed E-state index contributed by atoms with van der Waals surface area (Å²) in [6, 6.07) is 5.53. The summed E-state index contributed by atoms with van der Waals surface area (Å²) < 4.78 is 13.4. The molecule has 1 aliphatic rings. The van der Waals surface area contributed by atoms with Gasteiger partial charge in [0.15, 0.2) is 0 Å². The van der Waals surface area contributed by atoms with Crippen molar-refractivity contribution in [3.05, 3.63) is 76.4 Å². The molecule has 0 spiro atoms. The number of amides is 2. The van der Waals surface area contributed by atoms with Crippen LogP contribution in [0.3, 0.4) is 0 Å².